The van der Waals surface area contributed by atoms with E-state index in [0.29, 0.717) is 11.8 Å². The van der Waals surface area contributed by atoms with Gasteiger partial charge in [0.1, 0.15) is 18.3 Å². The van der Waals surface area contributed by atoms with Crippen LogP contribution in [-0.4, -0.2) is 49.3 Å². The van der Waals surface area contributed by atoms with Gasteiger partial charge >= 0.3 is 23.9 Å². The van der Waals surface area contributed by atoms with Crippen molar-refractivity contribution in [3.8, 4) is 0 Å². The molecule has 0 amide bonds. The summed E-state index contributed by atoms with van der Waals surface area (Å²) >= 11 is 0. The first-order valence-electron chi connectivity index (χ1n) is 16.3. The Labute approximate surface area is 252 Å². The minimum atomic E-state index is -0.249. The lowest BCUT2D eigenvalue weighted by Crippen LogP contribution is -2.63. The minimum Gasteiger partial charge on any atom is -0.469 e. The number of fused-ring (bicyclic) bond motifs is 5. The van der Waals surface area contributed by atoms with Crippen LogP contribution in [0.1, 0.15) is 113 Å². The number of rotatable bonds is 9. The Bertz CT molecular complexity index is 1030. The van der Waals surface area contributed by atoms with Gasteiger partial charge in [-0.15, -0.1) is 0 Å². The summed E-state index contributed by atoms with van der Waals surface area (Å²) in [6.07, 6.45) is 8.42. The second kappa shape index (κ2) is 12.9. The third kappa shape index (κ3) is 6.24. The van der Waals surface area contributed by atoms with Crippen molar-refractivity contribution in [2.75, 3.05) is 7.11 Å². The molecule has 42 heavy (non-hydrogen) atoms. The lowest BCUT2D eigenvalue weighted by Gasteiger charge is -2.64. The molecule has 4 fully saturated rings. The summed E-state index contributed by atoms with van der Waals surface area (Å²) in [6, 6.07) is 0. The molecule has 4 aliphatic carbocycles. The number of ether oxygens (including phenoxy) is 4. The number of esters is 4. The predicted octanol–water partition coefficient (Wildman–Crippen LogP) is 6.28. The molecule has 0 aromatic carbocycles. The van der Waals surface area contributed by atoms with E-state index in [1.54, 1.807) is 0 Å². The quantitative estimate of drug-likeness (QED) is 0.228. The van der Waals surface area contributed by atoms with Crippen LogP contribution >= 0.6 is 0 Å². The van der Waals surface area contributed by atoms with Crippen molar-refractivity contribution in [3.63, 3.8) is 0 Å². The molecule has 12 atom stereocenters. The molecular formula is C34H54O8. The van der Waals surface area contributed by atoms with Crippen LogP contribution in [0.2, 0.25) is 0 Å². The molecule has 238 valence electrons. The van der Waals surface area contributed by atoms with E-state index in [0.717, 1.165) is 64.2 Å². The monoisotopic (exact) mass is 590 g/mol. The molecular weight excluding hydrogens is 536 g/mol. The number of hydrogen-bond donors (Lipinski definition) is 0. The van der Waals surface area contributed by atoms with Gasteiger partial charge in [0.25, 0.3) is 0 Å². The van der Waals surface area contributed by atoms with Crippen LogP contribution in [0.15, 0.2) is 0 Å². The van der Waals surface area contributed by atoms with E-state index >= 15 is 0 Å². The highest BCUT2D eigenvalue weighted by Crippen LogP contribution is 2.69. The highest BCUT2D eigenvalue weighted by atomic mass is 16.6. The molecule has 1 unspecified atom stereocenters. The average molecular weight is 591 g/mol. The zero-order chi connectivity index (χ0) is 31.0. The molecule has 0 N–H and O–H groups in total. The maximum Gasteiger partial charge on any atom is 0.308 e. The molecule has 4 aliphatic rings. The van der Waals surface area contributed by atoms with E-state index in [4.69, 9.17) is 18.9 Å². The van der Waals surface area contributed by atoms with Crippen LogP contribution < -0.4 is 0 Å². The minimum absolute atomic E-state index is 0.00851. The molecule has 0 heterocycles. The van der Waals surface area contributed by atoms with E-state index in [2.05, 4.69) is 20.8 Å². The van der Waals surface area contributed by atoms with Crippen molar-refractivity contribution < 1.29 is 38.1 Å². The van der Waals surface area contributed by atoms with Crippen LogP contribution in [0, 0.1) is 52.3 Å². The SMILES string of the molecule is COC(=O)C(C)CCC[C@@H](C)[C@H]1CC[C@H]2[C@@H]3[C@H](OC(C)=O)C[C@@H]4C[C@H](OC(C)=O)CC[C@]4(C)[C@H]3C[C@H](OC(C)=O)[C@]12C. The largest absolute Gasteiger partial charge is 0.469 e. The summed E-state index contributed by atoms with van der Waals surface area (Å²) in [5.74, 6) is 0.737. The topological polar surface area (TPSA) is 105 Å². The predicted molar refractivity (Wildman–Crippen MR) is 157 cm³/mol. The third-order valence-electron chi connectivity index (χ3n) is 12.3. The van der Waals surface area contributed by atoms with Crippen molar-refractivity contribution in [2.45, 2.75) is 131 Å². The van der Waals surface area contributed by atoms with Crippen LogP contribution in [-0.2, 0) is 38.1 Å². The summed E-state index contributed by atoms with van der Waals surface area (Å²) in [7, 11) is 1.44. The van der Waals surface area contributed by atoms with Crippen LogP contribution in [0.25, 0.3) is 0 Å². The number of methoxy groups -OCH3 is 1. The Kier molecular flexibility index (Phi) is 10.0. The normalized spacial score (nSPS) is 40.4. The zero-order valence-corrected chi connectivity index (χ0v) is 27.1. The van der Waals surface area contributed by atoms with Gasteiger partial charge in [0.15, 0.2) is 0 Å². The number of hydrogen-bond acceptors (Lipinski definition) is 8. The molecule has 8 nitrogen and oxygen atoms in total. The molecule has 0 aromatic rings. The summed E-state index contributed by atoms with van der Waals surface area (Å²) in [5, 5.41) is 0. The van der Waals surface area contributed by atoms with Gasteiger partial charge < -0.3 is 18.9 Å². The zero-order valence-electron chi connectivity index (χ0n) is 27.1. The Morgan fingerprint density at radius 2 is 1.48 bits per heavy atom. The Hall–Kier alpha value is -2.12. The van der Waals surface area contributed by atoms with E-state index < -0.39 is 0 Å². The van der Waals surface area contributed by atoms with Crippen molar-refractivity contribution in [2.24, 2.45) is 52.3 Å². The van der Waals surface area contributed by atoms with Crippen molar-refractivity contribution >= 4 is 23.9 Å². The fraction of sp³-hybridized carbons (Fsp3) is 0.882. The lowest BCUT2D eigenvalue weighted by atomic mass is 9.43. The fourth-order valence-electron chi connectivity index (χ4n) is 10.4. The van der Waals surface area contributed by atoms with Crippen LogP contribution in [0.4, 0.5) is 0 Å². The molecule has 4 saturated carbocycles. The van der Waals surface area contributed by atoms with E-state index in [1.165, 1.54) is 27.9 Å². The van der Waals surface area contributed by atoms with Crippen molar-refractivity contribution in [3.05, 3.63) is 0 Å². The molecule has 0 aliphatic heterocycles. The van der Waals surface area contributed by atoms with Gasteiger partial charge in [0, 0.05) is 32.1 Å². The number of carbonyl (C=O) groups is 4. The maximum atomic E-state index is 12.6. The van der Waals surface area contributed by atoms with Crippen molar-refractivity contribution in [1.29, 1.82) is 0 Å². The van der Waals surface area contributed by atoms with Gasteiger partial charge in [-0.1, -0.05) is 40.5 Å². The summed E-state index contributed by atoms with van der Waals surface area (Å²) in [4.78, 5) is 48.7. The molecule has 0 aromatic heterocycles. The van der Waals surface area contributed by atoms with Crippen molar-refractivity contribution in [1.82, 2.24) is 0 Å². The second-order valence-corrected chi connectivity index (χ2v) is 14.6. The van der Waals surface area contributed by atoms with Crippen LogP contribution in [0.5, 0.6) is 0 Å². The maximum absolute atomic E-state index is 12.6. The molecule has 8 heteroatoms. The lowest BCUT2D eigenvalue weighted by molar-refractivity contribution is -0.224. The van der Waals surface area contributed by atoms with Gasteiger partial charge in [0.2, 0.25) is 0 Å². The molecule has 0 radical (unpaired) electrons. The first-order valence-corrected chi connectivity index (χ1v) is 16.3. The molecule has 4 rings (SSSR count). The molecule has 0 saturated heterocycles. The van der Waals surface area contributed by atoms with Gasteiger partial charge in [-0.25, -0.2) is 0 Å². The first-order chi connectivity index (χ1) is 19.7. The number of carbonyl (C=O) groups excluding carboxylic acids is 4. The summed E-state index contributed by atoms with van der Waals surface area (Å²) in [6.45, 7) is 13.4. The third-order valence-corrected chi connectivity index (χ3v) is 12.3. The standard InChI is InChI=1S/C34H54O8/c1-19(10-9-11-20(2)32(38)39-8)26-12-13-27-31-28(18-30(34(26,27)7)42-23(5)37)33(6)15-14-25(40-21(3)35)16-24(33)17-29(31)41-22(4)36/h19-20,24-31H,9-18H2,1-8H3/t19-,20?,24+,25-,26-,27+,28+,29-,30+,31+,33+,34-/m1/s1. The van der Waals surface area contributed by atoms with Crippen LogP contribution in [0.3, 0.4) is 0 Å². The second-order valence-electron chi connectivity index (χ2n) is 14.6. The van der Waals surface area contributed by atoms with Gasteiger partial charge in [-0.3, -0.25) is 19.2 Å². The highest BCUT2D eigenvalue weighted by molar-refractivity contribution is 5.71. The first kappa shape index (κ1) is 32.8. The van der Waals surface area contributed by atoms with E-state index in [9.17, 15) is 19.2 Å². The summed E-state index contributed by atoms with van der Waals surface area (Å²) < 4.78 is 23.0. The Balaban J connectivity index is 1.63. The average Bonchev–Trinajstić information content (AvgIpc) is 3.26. The molecule has 0 spiro atoms. The fourth-order valence-corrected chi connectivity index (χ4v) is 10.4. The Morgan fingerprint density at radius 1 is 0.810 bits per heavy atom. The van der Waals surface area contributed by atoms with Gasteiger partial charge in [-0.2, -0.15) is 0 Å². The smallest absolute Gasteiger partial charge is 0.308 e. The Morgan fingerprint density at radius 3 is 2.10 bits per heavy atom. The van der Waals surface area contributed by atoms with E-state index in [-0.39, 0.29) is 82.6 Å². The highest BCUT2D eigenvalue weighted by Gasteiger charge is 2.67. The summed E-state index contributed by atoms with van der Waals surface area (Å²) in [5.41, 5.74) is -0.234. The van der Waals surface area contributed by atoms with Gasteiger partial charge in [0.05, 0.1) is 13.0 Å². The van der Waals surface area contributed by atoms with E-state index in [1.807, 2.05) is 6.92 Å². The molecule has 0 bridgehead atoms. The van der Waals surface area contributed by atoms with Gasteiger partial charge in [-0.05, 0) is 86.4 Å².